The van der Waals surface area contributed by atoms with Crippen LogP contribution in [0.2, 0.25) is 0 Å². The van der Waals surface area contributed by atoms with Crippen LogP contribution in [0, 0.1) is 0 Å². The molecule has 2 atom stereocenters. The summed E-state index contributed by atoms with van der Waals surface area (Å²) in [4.78, 5) is 13.4. The predicted molar refractivity (Wildman–Crippen MR) is 66.1 cm³/mol. The zero-order chi connectivity index (χ0) is 13.7. The molecule has 8 heteroatoms. The normalized spacial score (nSPS) is 13.5. The second-order valence-electron chi connectivity index (χ2n) is 3.46. The van der Waals surface area contributed by atoms with Crippen molar-refractivity contribution in [3.05, 3.63) is 44.2 Å². The summed E-state index contributed by atoms with van der Waals surface area (Å²) < 4.78 is 0.567. The van der Waals surface area contributed by atoms with E-state index in [-0.39, 0.29) is 17.7 Å². The Kier molecular flexibility index (Phi) is 5.11. The number of carbonyl (C=O) groups is 1. The van der Waals surface area contributed by atoms with Crippen LogP contribution in [-0.4, -0.2) is 33.9 Å². The standard InChI is InChI=1S/C10H10BrN3O4/c11-5-1-2-6(10(17)18)7(3-5)9(16)8(15)4-13-14-12/h1-3,8-9,15-16H,4H2,(H,17,18). The first kappa shape index (κ1) is 14.5. The Morgan fingerprint density at radius 1 is 1.50 bits per heavy atom. The van der Waals surface area contributed by atoms with E-state index in [1.54, 1.807) is 0 Å². The van der Waals surface area contributed by atoms with E-state index < -0.39 is 18.2 Å². The van der Waals surface area contributed by atoms with Crippen LogP contribution in [0.4, 0.5) is 0 Å². The fourth-order valence-electron chi connectivity index (χ4n) is 1.40. The van der Waals surface area contributed by atoms with Crippen LogP contribution in [0.5, 0.6) is 0 Å². The molecule has 0 saturated heterocycles. The van der Waals surface area contributed by atoms with Crippen LogP contribution < -0.4 is 0 Å². The van der Waals surface area contributed by atoms with Gasteiger partial charge in [0.25, 0.3) is 0 Å². The number of carboxylic acid groups (broad SMARTS) is 1. The van der Waals surface area contributed by atoms with E-state index in [1.807, 2.05) is 0 Å². The molecule has 0 spiro atoms. The Hall–Kier alpha value is -1.60. The first-order chi connectivity index (χ1) is 8.47. The number of aliphatic hydroxyl groups excluding tert-OH is 2. The molecule has 96 valence electrons. The molecular formula is C10H10BrN3O4. The SMILES string of the molecule is [N-]=[N+]=NCC(O)C(O)c1cc(Br)ccc1C(=O)O. The quantitative estimate of drug-likeness (QED) is 0.435. The number of azide groups is 1. The van der Waals surface area contributed by atoms with Crippen LogP contribution in [0.15, 0.2) is 27.8 Å². The number of hydrogen-bond donors (Lipinski definition) is 3. The summed E-state index contributed by atoms with van der Waals surface area (Å²) in [5.41, 5.74) is 8.05. The molecular weight excluding hydrogens is 306 g/mol. The molecule has 3 N–H and O–H groups in total. The van der Waals surface area contributed by atoms with E-state index in [2.05, 4.69) is 26.0 Å². The highest BCUT2D eigenvalue weighted by Crippen LogP contribution is 2.25. The zero-order valence-electron chi connectivity index (χ0n) is 9.06. The average Bonchev–Trinajstić information content (AvgIpc) is 2.34. The maximum absolute atomic E-state index is 11.0. The van der Waals surface area contributed by atoms with Gasteiger partial charge in [0.2, 0.25) is 0 Å². The molecule has 0 aliphatic carbocycles. The van der Waals surface area contributed by atoms with Crippen molar-refractivity contribution in [3.8, 4) is 0 Å². The van der Waals surface area contributed by atoms with Crippen LogP contribution in [-0.2, 0) is 0 Å². The van der Waals surface area contributed by atoms with E-state index in [4.69, 9.17) is 10.6 Å². The van der Waals surface area contributed by atoms with Gasteiger partial charge in [-0.25, -0.2) is 4.79 Å². The Morgan fingerprint density at radius 3 is 2.72 bits per heavy atom. The molecule has 2 unspecified atom stereocenters. The summed E-state index contributed by atoms with van der Waals surface area (Å²) >= 11 is 3.15. The van der Waals surface area contributed by atoms with E-state index in [0.29, 0.717) is 4.47 Å². The molecule has 1 aromatic carbocycles. The molecule has 0 saturated carbocycles. The Bertz CT molecular complexity index is 502. The summed E-state index contributed by atoms with van der Waals surface area (Å²) in [6.07, 6.45) is -2.81. The van der Waals surface area contributed by atoms with E-state index in [0.717, 1.165) is 0 Å². The van der Waals surface area contributed by atoms with Crippen LogP contribution in [0.1, 0.15) is 22.0 Å². The number of benzene rings is 1. The fourth-order valence-corrected chi connectivity index (χ4v) is 1.78. The van der Waals surface area contributed by atoms with Crippen molar-refractivity contribution in [1.29, 1.82) is 0 Å². The van der Waals surface area contributed by atoms with Gasteiger partial charge in [0.15, 0.2) is 0 Å². The minimum atomic E-state index is -1.45. The second-order valence-corrected chi connectivity index (χ2v) is 4.38. The molecule has 0 radical (unpaired) electrons. The van der Waals surface area contributed by atoms with Crippen molar-refractivity contribution in [2.24, 2.45) is 5.11 Å². The van der Waals surface area contributed by atoms with Crippen LogP contribution >= 0.6 is 15.9 Å². The Labute approximate surface area is 110 Å². The number of nitrogens with zero attached hydrogens (tertiary/aromatic N) is 3. The predicted octanol–water partition coefficient (Wildman–Crippen LogP) is 1.85. The lowest BCUT2D eigenvalue weighted by Crippen LogP contribution is -2.23. The third kappa shape index (κ3) is 3.44. The highest BCUT2D eigenvalue weighted by atomic mass is 79.9. The average molecular weight is 316 g/mol. The first-order valence-electron chi connectivity index (χ1n) is 4.87. The Balaban J connectivity index is 3.10. The minimum Gasteiger partial charge on any atom is -0.478 e. The fraction of sp³-hybridized carbons (Fsp3) is 0.300. The molecule has 0 heterocycles. The Morgan fingerprint density at radius 2 is 2.17 bits per heavy atom. The van der Waals surface area contributed by atoms with Gasteiger partial charge >= 0.3 is 5.97 Å². The van der Waals surface area contributed by atoms with Gasteiger partial charge in [0.05, 0.1) is 18.2 Å². The number of aliphatic hydroxyl groups is 2. The van der Waals surface area contributed by atoms with Crippen LogP contribution in [0.25, 0.3) is 10.4 Å². The number of carboxylic acids is 1. The molecule has 0 aliphatic heterocycles. The summed E-state index contributed by atoms with van der Waals surface area (Å²) in [6.45, 7) is -0.344. The van der Waals surface area contributed by atoms with Crippen molar-refractivity contribution in [3.63, 3.8) is 0 Å². The molecule has 0 bridgehead atoms. The number of hydrogen-bond acceptors (Lipinski definition) is 4. The molecule has 0 aliphatic rings. The molecule has 18 heavy (non-hydrogen) atoms. The van der Waals surface area contributed by atoms with Gasteiger partial charge in [-0.2, -0.15) is 0 Å². The lowest BCUT2D eigenvalue weighted by molar-refractivity contribution is 0.0232. The molecule has 7 nitrogen and oxygen atoms in total. The third-order valence-electron chi connectivity index (χ3n) is 2.26. The topological polar surface area (TPSA) is 127 Å². The van der Waals surface area contributed by atoms with Gasteiger partial charge in [-0.1, -0.05) is 21.0 Å². The number of halogens is 1. The lowest BCUT2D eigenvalue weighted by Gasteiger charge is -2.18. The maximum Gasteiger partial charge on any atom is 0.336 e. The molecule has 0 aromatic heterocycles. The first-order valence-corrected chi connectivity index (χ1v) is 5.66. The number of aromatic carboxylic acids is 1. The van der Waals surface area contributed by atoms with Crippen LogP contribution in [0.3, 0.4) is 0 Å². The summed E-state index contributed by atoms with van der Waals surface area (Å²) in [5, 5.41) is 31.5. The molecule has 1 rings (SSSR count). The zero-order valence-corrected chi connectivity index (χ0v) is 10.6. The van der Waals surface area contributed by atoms with Gasteiger partial charge in [-0.3, -0.25) is 0 Å². The molecule has 1 aromatic rings. The van der Waals surface area contributed by atoms with Gasteiger partial charge in [-0.05, 0) is 29.3 Å². The highest BCUT2D eigenvalue weighted by Gasteiger charge is 2.23. The monoisotopic (exact) mass is 315 g/mol. The largest absolute Gasteiger partial charge is 0.478 e. The van der Waals surface area contributed by atoms with E-state index >= 15 is 0 Å². The van der Waals surface area contributed by atoms with Gasteiger partial charge < -0.3 is 15.3 Å². The number of rotatable bonds is 5. The summed E-state index contributed by atoms with van der Waals surface area (Å²) in [6, 6.07) is 4.22. The highest BCUT2D eigenvalue weighted by molar-refractivity contribution is 9.10. The van der Waals surface area contributed by atoms with E-state index in [9.17, 15) is 15.0 Å². The summed E-state index contributed by atoms with van der Waals surface area (Å²) in [5.74, 6) is -1.22. The third-order valence-corrected chi connectivity index (χ3v) is 2.75. The van der Waals surface area contributed by atoms with Crippen molar-refractivity contribution in [2.45, 2.75) is 12.2 Å². The van der Waals surface area contributed by atoms with Crippen molar-refractivity contribution < 1.29 is 20.1 Å². The van der Waals surface area contributed by atoms with Crippen molar-refractivity contribution in [1.82, 2.24) is 0 Å². The van der Waals surface area contributed by atoms with E-state index in [1.165, 1.54) is 18.2 Å². The van der Waals surface area contributed by atoms with Gasteiger partial charge in [0.1, 0.15) is 6.10 Å². The smallest absolute Gasteiger partial charge is 0.336 e. The second kappa shape index (κ2) is 6.36. The lowest BCUT2D eigenvalue weighted by atomic mass is 9.98. The van der Waals surface area contributed by atoms with Gasteiger partial charge in [-0.15, -0.1) is 0 Å². The maximum atomic E-state index is 11.0. The van der Waals surface area contributed by atoms with Gasteiger partial charge in [0, 0.05) is 9.38 Å². The molecule has 0 amide bonds. The summed E-state index contributed by atoms with van der Waals surface area (Å²) in [7, 11) is 0. The van der Waals surface area contributed by atoms with Crippen molar-refractivity contribution in [2.75, 3.05) is 6.54 Å². The van der Waals surface area contributed by atoms with Crippen molar-refractivity contribution >= 4 is 21.9 Å². The molecule has 0 fully saturated rings. The minimum absolute atomic E-state index is 0.0533.